The van der Waals surface area contributed by atoms with Crippen molar-refractivity contribution in [1.29, 1.82) is 5.26 Å². The number of nitrogens with zero attached hydrogens (tertiary/aromatic N) is 5. The number of hydrogen-bond acceptors (Lipinski definition) is 8. The number of halogens is 1. The van der Waals surface area contributed by atoms with Crippen molar-refractivity contribution in [2.24, 2.45) is 0 Å². The van der Waals surface area contributed by atoms with E-state index in [9.17, 15) is 14.4 Å². The molecule has 0 radical (unpaired) electrons. The summed E-state index contributed by atoms with van der Waals surface area (Å²) in [5, 5.41) is 16.3. The maximum atomic E-state index is 13.7. The van der Waals surface area contributed by atoms with Crippen LogP contribution in [-0.2, 0) is 0 Å². The number of nitriles is 1. The van der Waals surface area contributed by atoms with E-state index in [1.807, 2.05) is 24.8 Å². The molecule has 3 heterocycles. The molecular weight excluding hydrogens is 429 g/mol. The Balaban J connectivity index is 1.50. The van der Waals surface area contributed by atoms with Gasteiger partial charge in [-0.25, -0.2) is 9.37 Å². The Morgan fingerprint density at radius 3 is 2.72 bits per heavy atom. The summed E-state index contributed by atoms with van der Waals surface area (Å²) in [6.45, 7) is 6.38. The Kier molecular flexibility index (Phi) is 5.76. The lowest BCUT2D eigenvalue weighted by atomic mass is 9.86. The fourth-order valence-corrected chi connectivity index (χ4v) is 4.40. The molecule has 164 valence electrons. The number of carbonyl (C=O) groups is 1. The number of rotatable bonds is 6. The lowest BCUT2D eigenvalue weighted by Gasteiger charge is -2.50. The van der Waals surface area contributed by atoms with Gasteiger partial charge >= 0.3 is 0 Å². The van der Waals surface area contributed by atoms with E-state index in [-0.39, 0.29) is 12.0 Å². The standard InChI is InChI=1S/C22H22FN7OS/c1-13-6-16(9-17(23)7-13)20(31)28-22(4-5-24)11-30(12-22)19-14(2)10-25-21(27-19)26-18-8-15(3)29-32-18/h6-10H,4,11-12H2,1-3H3,(H,28,31)(H,25,26,27). The second-order valence-corrected chi connectivity index (χ2v) is 8.91. The van der Waals surface area contributed by atoms with Crippen molar-refractivity contribution >= 4 is 34.2 Å². The van der Waals surface area contributed by atoms with Gasteiger partial charge in [0.1, 0.15) is 16.6 Å². The van der Waals surface area contributed by atoms with Gasteiger partial charge in [0, 0.05) is 30.4 Å². The fourth-order valence-electron chi connectivity index (χ4n) is 3.75. The van der Waals surface area contributed by atoms with Gasteiger partial charge in [0.25, 0.3) is 5.91 Å². The predicted molar refractivity (Wildman–Crippen MR) is 121 cm³/mol. The van der Waals surface area contributed by atoms with Crippen molar-refractivity contribution < 1.29 is 9.18 Å². The number of hydrogen-bond donors (Lipinski definition) is 2. The molecule has 1 saturated heterocycles. The van der Waals surface area contributed by atoms with Gasteiger partial charge in [-0.3, -0.25) is 4.79 Å². The first-order valence-corrected chi connectivity index (χ1v) is 10.8. The van der Waals surface area contributed by atoms with Crippen LogP contribution in [0.1, 0.15) is 33.6 Å². The van der Waals surface area contributed by atoms with Crippen LogP contribution in [0.4, 0.5) is 21.2 Å². The maximum absolute atomic E-state index is 13.7. The normalized spacial score (nSPS) is 14.4. The zero-order chi connectivity index (χ0) is 22.9. The van der Waals surface area contributed by atoms with Crippen LogP contribution >= 0.6 is 11.5 Å². The molecule has 32 heavy (non-hydrogen) atoms. The molecule has 1 amide bonds. The summed E-state index contributed by atoms with van der Waals surface area (Å²) in [6.07, 6.45) is 1.87. The van der Waals surface area contributed by atoms with Gasteiger partial charge in [-0.15, -0.1) is 0 Å². The Morgan fingerprint density at radius 2 is 2.06 bits per heavy atom. The van der Waals surface area contributed by atoms with Gasteiger partial charge < -0.3 is 15.5 Å². The monoisotopic (exact) mass is 451 g/mol. The van der Waals surface area contributed by atoms with E-state index in [0.29, 0.717) is 24.6 Å². The van der Waals surface area contributed by atoms with E-state index in [1.54, 1.807) is 19.2 Å². The average molecular weight is 452 g/mol. The summed E-state index contributed by atoms with van der Waals surface area (Å²) in [6, 6.07) is 8.27. The summed E-state index contributed by atoms with van der Waals surface area (Å²) < 4.78 is 18.0. The van der Waals surface area contributed by atoms with Crippen LogP contribution in [0, 0.1) is 37.9 Å². The van der Waals surface area contributed by atoms with Crippen molar-refractivity contribution in [2.75, 3.05) is 23.3 Å². The third kappa shape index (κ3) is 4.53. The lowest BCUT2D eigenvalue weighted by molar-refractivity contribution is 0.0878. The average Bonchev–Trinajstić information content (AvgIpc) is 3.11. The molecule has 4 rings (SSSR count). The highest BCUT2D eigenvalue weighted by atomic mass is 32.1. The van der Waals surface area contributed by atoms with Crippen molar-refractivity contribution in [3.63, 3.8) is 0 Å². The zero-order valence-electron chi connectivity index (χ0n) is 17.9. The van der Waals surface area contributed by atoms with Crippen LogP contribution < -0.4 is 15.5 Å². The molecule has 0 atom stereocenters. The molecule has 0 bridgehead atoms. The van der Waals surface area contributed by atoms with E-state index in [4.69, 9.17) is 0 Å². The molecule has 1 fully saturated rings. The lowest BCUT2D eigenvalue weighted by Crippen LogP contribution is -2.70. The highest BCUT2D eigenvalue weighted by Gasteiger charge is 2.45. The maximum Gasteiger partial charge on any atom is 0.251 e. The van der Waals surface area contributed by atoms with Crippen LogP contribution in [0.2, 0.25) is 0 Å². The van der Waals surface area contributed by atoms with Gasteiger partial charge in [0.05, 0.1) is 23.7 Å². The molecule has 1 aliphatic rings. The minimum Gasteiger partial charge on any atom is -0.351 e. The van der Waals surface area contributed by atoms with Gasteiger partial charge in [0.2, 0.25) is 5.95 Å². The van der Waals surface area contributed by atoms with Crippen LogP contribution in [0.3, 0.4) is 0 Å². The highest BCUT2D eigenvalue weighted by molar-refractivity contribution is 7.10. The molecule has 0 aliphatic carbocycles. The smallest absolute Gasteiger partial charge is 0.251 e. The van der Waals surface area contributed by atoms with Crippen LogP contribution in [-0.4, -0.2) is 38.9 Å². The van der Waals surface area contributed by atoms with E-state index >= 15 is 0 Å². The van der Waals surface area contributed by atoms with Gasteiger partial charge in [0.15, 0.2) is 0 Å². The molecule has 0 spiro atoms. The number of anilines is 3. The number of aromatic nitrogens is 3. The minimum absolute atomic E-state index is 0.138. The van der Waals surface area contributed by atoms with E-state index in [2.05, 4.69) is 31.0 Å². The molecule has 2 aromatic heterocycles. The van der Waals surface area contributed by atoms with Crippen molar-refractivity contribution in [3.8, 4) is 6.07 Å². The fraction of sp³-hybridized carbons (Fsp3) is 0.318. The summed E-state index contributed by atoms with van der Waals surface area (Å²) in [5.74, 6) is 0.316. The number of amides is 1. The number of carbonyl (C=O) groups excluding carboxylic acids is 1. The second-order valence-electron chi connectivity index (χ2n) is 8.10. The number of aryl methyl sites for hydroxylation is 3. The SMILES string of the molecule is Cc1cc(F)cc(C(=O)NC2(CC#N)CN(c3nc(Nc4cc(C)ns4)ncc3C)C2)c1. The first kappa shape index (κ1) is 21.6. The topological polar surface area (TPSA) is 107 Å². The third-order valence-corrected chi connectivity index (χ3v) is 5.99. The highest BCUT2D eigenvalue weighted by Crippen LogP contribution is 2.32. The quantitative estimate of drug-likeness (QED) is 0.589. The summed E-state index contributed by atoms with van der Waals surface area (Å²) in [5.41, 5.74) is 1.97. The van der Waals surface area contributed by atoms with E-state index in [1.165, 1.54) is 23.7 Å². The van der Waals surface area contributed by atoms with Crippen LogP contribution in [0.15, 0.2) is 30.5 Å². The van der Waals surface area contributed by atoms with Crippen LogP contribution in [0.25, 0.3) is 0 Å². The molecule has 1 aromatic carbocycles. The van der Waals surface area contributed by atoms with Crippen molar-refractivity contribution in [3.05, 3.63) is 58.7 Å². The van der Waals surface area contributed by atoms with Crippen molar-refractivity contribution in [2.45, 2.75) is 32.7 Å². The first-order valence-electron chi connectivity index (χ1n) is 10.0. The Morgan fingerprint density at radius 1 is 1.28 bits per heavy atom. The molecule has 10 heteroatoms. The summed E-state index contributed by atoms with van der Waals surface area (Å²) in [7, 11) is 0. The predicted octanol–water partition coefficient (Wildman–Crippen LogP) is 3.64. The van der Waals surface area contributed by atoms with Crippen molar-refractivity contribution in [1.82, 2.24) is 19.7 Å². The minimum atomic E-state index is -0.730. The third-order valence-electron chi connectivity index (χ3n) is 5.19. The second kappa shape index (κ2) is 8.51. The Bertz CT molecular complexity index is 1190. The molecule has 8 nitrogen and oxygen atoms in total. The Labute approximate surface area is 189 Å². The summed E-state index contributed by atoms with van der Waals surface area (Å²) >= 11 is 1.33. The largest absolute Gasteiger partial charge is 0.351 e. The van der Waals surface area contributed by atoms with E-state index in [0.717, 1.165) is 22.1 Å². The number of benzene rings is 1. The summed E-state index contributed by atoms with van der Waals surface area (Å²) in [4.78, 5) is 23.7. The molecule has 0 saturated carbocycles. The molecule has 0 unspecified atom stereocenters. The Hall–Kier alpha value is -3.58. The molecule has 3 aromatic rings. The van der Waals surface area contributed by atoms with E-state index < -0.39 is 17.3 Å². The number of nitrogens with one attached hydrogen (secondary N) is 2. The van der Waals surface area contributed by atoms with Crippen LogP contribution in [0.5, 0.6) is 0 Å². The molecular formula is C22H22FN7OS. The van der Waals surface area contributed by atoms with Gasteiger partial charge in [-0.2, -0.15) is 14.6 Å². The molecule has 2 N–H and O–H groups in total. The molecule has 1 aliphatic heterocycles. The van der Waals surface area contributed by atoms with Gasteiger partial charge in [-0.1, -0.05) is 0 Å². The first-order chi connectivity index (χ1) is 15.3. The zero-order valence-corrected chi connectivity index (χ0v) is 18.8. The van der Waals surface area contributed by atoms with Gasteiger partial charge in [-0.05, 0) is 62.1 Å².